The number of urea groups is 1. The number of sulfonamides is 1. The van der Waals surface area contributed by atoms with Crippen LogP contribution in [0.5, 0.6) is 0 Å². The lowest BCUT2D eigenvalue weighted by atomic mass is 10.2. The highest BCUT2D eigenvalue weighted by Gasteiger charge is 2.14. The fourth-order valence-electron chi connectivity index (χ4n) is 1.45. The van der Waals surface area contributed by atoms with Crippen molar-refractivity contribution >= 4 is 33.3 Å². The zero-order valence-corrected chi connectivity index (χ0v) is 12.7. The summed E-state index contributed by atoms with van der Waals surface area (Å²) in [5.74, 6) is -0.479. The van der Waals surface area contributed by atoms with Crippen LogP contribution in [0, 0.1) is 0 Å². The van der Waals surface area contributed by atoms with Gasteiger partial charge in [0, 0.05) is 18.4 Å². The van der Waals surface area contributed by atoms with Crippen molar-refractivity contribution in [2.45, 2.75) is 13.0 Å². The van der Waals surface area contributed by atoms with E-state index in [4.69, 9.17) is 0 Å². The van der Waals surface area contributed by atoms with Gasteiger partial charge in [0.1, 0.15) is 6.04 Å². The highest BCUT2D eigenvalue weighted by molar-refractivity contribution is 7.92. The maximum atomic E-state index is 11.6. The second-order valence-electron chi connectivity index (χ2n) is 4.39. The quantitative estimate of drug-likeness (QED) is 0.624. The van der Waals surface area contributed by atoms with Crippen LogP contribution in [-0.2, 0) is 14.8 Å². The molecule has 0 bridgehead atoms. The molecule has 1 rings (SSSR count). The van der Waals surface area contributed by atoms with E-state index in [1.54, 1.807) is 31.2 Å². The van der Waals surface area contributed by atoms with Gasteiger partial charge in [0.05, 0.1) is 6.26 Å². The number of hydrogen-bond acceptors (Lipinski definition) is 5. The van der Waals surface area contributed by atoms with E-state index >= 15 is 0 Å². The fourth-order valence-corrected chi connectivity index (χ4v) is 2.01. The van der Waals surface area contributed by atoms with E-state index in [2.05, 4.69) is 20.7 Å². The Morgan fingerprint density at radius 1 is 1.10 bits per heavy atom. The molecule has 1 atom stereocenters. The van der Waals surface area contributed by atoms with Crippen molar-refractivity contribution in [2.24, 2.45) is 0 Å². The Bertz CT molecular complexity index is 613. The minimum absolute atomic E-state index is 0.422. The Kier molecular flexibility index (Phi) is 5.53. The molecule has 1 aromatic carbocycles. The molecule has 0 fully saturated rings. The average Bonchev–Trinajstić information content (AvgIpc) is 2.39. The number of imide groups is 1. The molecule has 3 amide bonds. The molecular weight excluding hydrogens is 296 g/mol. The summed E-state index contributed by atoms with van der Waals surface area (Å²) in [5, 5.41) is 7.32. The Hall–Kier alpha value is -2.29. The molecule has 116 valence electrons. The van der Waals surface area contributed by atoms with Gasteiger partial charge in [-0.05, 0) is 31.2 Å². The van der Waals surface area contributed by atoms with Crippen LogP contribution in [-0.4, -0.2) is 39.7 Å². The van der Waals surface area contributed by atoms with Gasteiger partial charge in [-0.3, -0.25) is 14.8 Å². The molecule has 0 aliphatic rings. The molecular formula is C12H18N4O4S. The first-order chi connectivity index (χ1) is 9.71. The number of carbonyl (C=O) groups excluding carboxylic acids is 2. The number of hydrogen-bond donors (Lipinski definition) is 4. The molecule has 4 N–H and O–H groups in total. The van der Waals surface area contributed by atoms with Gasteiger partial charge in [-0.2, -0.15) is 0 Å². The summed E-state index contributed by atoms with van der Waals surface area (Å²) in [6.45, 7) is 1.60. The lowest BCUT2D eigenvalue weighted by Gasteiger charge is -2.15. The normalized spacial score (nSPS) is 12.1. The Morgan fingerprint density at radius 3 is 2.10 bits per heavy atom. The van der Waals surface area contributed by atoms with E-state index in [1.165, 1.54) is 7.05 Å². The van der Waals surface area contributed by atoms with Crippen molar-refractivity contribution in [3.63, 3.8) is 0 Å². The van der Waals surface area contributed by atoms with Crippen molar-refractivity contribution < 1.29 is 18.0 Å². The zero-order chi connectivity index (χ0) is 16.0. The Morgan fingerprint density at radius 2 is 1.62 bits per heavy atom. The standard InChI is InChI=1S/C12H18N4O4S/c1-8(11(17)15-12(18)13-2)14-9-4-6-10(7-5-9)16-21(3,19)20/h4-8,14,16H,1-3H3,(H2,13,15,17,18)/t8-/m1/s1. The Labute approximate surface area is 123 Å². The summed E-state index contributed by atoms with van der Waals surface area (Å²) < 4.78 is 24.5. The highest BCUT2D eigenvalue weighted by atomic mass is 32.2. The van der Waals surface area contributed by atoms with Crippen LogP contribution in [0.15, 0.2) is 24.3 Å². The monoisotopic (exact) mass is 314 g/mol. The highest BCUT2D eigenvalue weighted by Crippen LogP contribution is 2.15. The molecule has 0 heterocycles. The molecule has 0 saturated carbocycles. The number of carbonyl (C=O) groups is 2. The van der Waals surface area contributed by atoms with Gasteiger partial charge in [0.15, 0.2) is 0 Å². The smallest absolute Gasteiger partial charge is 0.321 e. The predicted molar refractivity (Wildman–Crippen MR) is 80.6 cm³/mol. The maximum absolute atomic E-state index is 11.6. The van der Waals surface area contributed by atoms with E-state index in [0.717, 1.165) is 6.26 Å². The molecule has 0 unspecified atom stereocenters. The zero-order valence-electron chi connectivity index (χ0n) is 11.9. The van der Waals surface area contributed by atoms with Gasteiger partial charge in [-0.25, -0.2) is 13.2 Å². The topological polar surface area (TPSA) is 116 Å². The molecule has 0 radical (unpaired) electrons. The van der Waals surface area contributed by atoms with Crippen molar-refractivity contribution in [3.8, 4) is 0 Å². The lowest BCUT2D eigenvalue weighted by Crippen LogP contribution is -2.44. The molecule has 0 spiro atoms. The van der Waals surface area contributed by atoms with Crippen molar-refractivity contribution in [2.75, 3.05) is 23.3 Å². The lowest BCUT2D eigenvalue weighted by molar-refractivity contribution is -0.120. The van der Waals surface area contributed by atoms with E-state index in [1.807, 2.05) is 0 Å². The third kappa shape index (κ3) is 6.13. The largest absolute Gasteiger partial charge is 0.374 e. The first kappa shape index (κ1) is 16.8. The van der Waals surface area contributed by atoms with Gasteiger partial charge < -0.3 is 10.6 Å². The van der Waals surface area contributed by atoms with Crippen molar-refractivity contribution in [1.82, 2.24) is 10.6 Å². The van der Waals surface area contributed by atoms with Gasteiger partial charge in [-0.1, -0.05) is 0 Å². The SMILES string of the molecule is CNC(=O)NC(=O)[C@@H](C)Nc1ccc(NS(C)(=O)=O)cc1. The average molecular weight is 314 g/mol. The van der Waals surface area contributed by atoms with Gasteiger partial charge in [0.25, 0.3) is 0 Å². The van der Waals surface area contributed by atoms with E-state index in [-0.39, 0.29) is 0 Å². The first-order valence-electron chi connectivity index (χ1n) is 6.08. The Balaban J connectivity index is 2.63. The van der Waals surface area contributed by atoms with Crippen molar-refractivity contribution in [3.05, 3.63) is 24.3 Å². The summed E-state index contributed by atoms with van der Waals surface area (Å²) in [6, 6.07) is 5.16. The molecule has 21 heavy (non-hydrogen) atoms. The van der Waals surface area contributed by atoms with Crippen LogP contribution >= 0.6 is 0 Å². The number of anilines is 2. The number of amides is 3. The van der Waals surface area contributed by atoms with Crippen LogP contribution < -0.4 is 20.7 Å². The summed E-state index contributed by atoms with van der Waals surface area (Å²) >= 11 is 0. The summed E-state index contributed by atoms with van der Waals surface area (Å²) in [6.07, 6.45) is 1.06. The number of nitrogens with one attached hydrogen (secondary N) is 4. The first-order valence-corrected chi connectivity index (χ1v) is 7.97. The van der Waals surface area contributed by atoms with Gasteiger partial charge >= 0.3 is 6.03 Å². The number of benzene rings is 1. The molecule has 9 heteroatoms. The van der Waals surface area contributed by atoms with Crippen LogP contribution in [0.1, 0.15) is 6.92 Å². The van der Waals surface area contributed by atoms with Crippen LogP contribution in [0.4, 0.5) is 16.2 Å². The summed E-state index contributed by atoms with van der Waals surface area (Å²) in [5.41, 5.74) is 1.04. The minimum atomic E-state index is -3.32. The second-order valence-corrected chi connectivity index (χ2v) is 6.13. The van der Waals surface area contributed by atoms with E-state index in [0.29, 0.717) is 11.4 Å². The van der Waals surface area contributed by atoms with E-state index < -0.39 is 28.0 Å². The van der Waals surface area contributed by atoms with Gasteiger partial charge in [0.2, 0.25) is 15.9 Å². The van der Waals surface area contributed by atoms with E-state index in [9.17, 15) is 18.0 Å². The third-order valence-corrected chi connectivity index (χ3v) is 3.03. The molecule has 0 aliphatic heterocycles. The summed E-state index contributed by atoms with van der Waals surface area (Å²) in [7, 11) is -1.91. The fraction of sp³-hybridized carbons (Fsp3) is 0.333. The molecule has 0 aliphatic carbocycles. The summed E-state index contributed by atoms with van der Waals surface area (Å²) in [4.78, 5) is 22.7. The maximum Gasteiger partial charge on any atom is 0.321 e. The molecule has 0 saturated heterocycles. The predicted octanol–water partition coefficient (Wildman–Crippen LogP) is 0.314. The molecule has 1 aromatic rings. The minimum Gasteiger partial charge on any atom is -0.374 e. The van der Waals surface area contributed by atoms with Gasteiger partial charge in [-0.15, -0.1) is 0 Å². The third-order valence-electron chi connectivity index (χ3n) is 2.43. The van der Waals surface area contributed by atoms with Crippen molar-refractivity contribution in [1.29, 1.82) is 0 Å². The number of rotatable bonds is 5. The van der Waals surface area contributed by atoms with Crippen LogP contribution in [0.2, 0.25) is 0 Å². The molecule has 8 nitrogen and oxygen atoms in total. The molecule has 0 aromatic heterocycles. The second kappa shape index (κ2) is 6.93. The van der Waals surface area contributed by atoms with Crippen LogP contribution in [0.25, 0.3) is 0 Å². The van der Waals surface area contributed by atoms with Crippen LogP contribution in [0.3, 0.4) is 0 Å².